The van der Waals surface area contributed by atoms with E-state index < -0.39 is 0 Å². The number of carbonyl (C=O) groups is 2. The van der Waals surface area contributed by atoms with Gasteiger partial charge in [-0.2, -0.15) is 0 Å². The van der Waals surface area contributed by atoms with Gasteiger partial charge in [0.25, 0.3) is 0 Å². The number of hydrogen-bond donors (Lipinski definition) is 0. The fourth-order valence-corrected chi connectivity index (χ4v) is 2.03. The molecule has 0 radical (unpaired) electrons. The minimum Gasteiger partial charge on any atom is -0.491 e. The van der Waals surface area contributed by atoms with E-state index in [2.05, 4.69) is 4.74 Å². The van der Waals surface area contributed by atoms with E-state index in [0.717, 1.165) is 11.3 Å². The molecule has 0 aromatic heterocycles. The topological polar surface area (TPSA) is 55.8 Å². The molecule has 0 saturated carbocycles. The molecule has 1 atom stereocenters. The van der Waals surface area contributed by atoms with E-state index in [1.807, 2.05) is 38.1 Å². The van der Waals surface area contributed by atoms with E-state index in [9.17, 15) is 9.59 Å². The van der Waals surface area contributed by atoms with Crippen LogP contribution in [0, 0.1) is 5.92 Å². The summed E-state index contributed by atoms with van der Waals surface area (Å²) in [5.41, 5.74) is 0.880. The Labute approximate surface area is 137 Å². The average molecular weight is 319 g/mol. The smallest absolute Gasteiger partial charge is 0.310 e. The first-order valence-corrected chi connectivity index (χ1v) is 7.61. The van der Waals surface area contributed by atoms with Gasteiger partial charge in [0.1, 0.15) is 5.75 Å². The van der Waals surface area contributed by atoms with Crippen molar-refractivity contribution in [3.63, 3.8) is 0 Å². The molecular formula is C18H25NO4. The Morgan fingerprint density at radius 3 is 2.57 bits per heavy atom. The summed E-state index contributed by atoms with van der Waals surface area (Å²) < 4.78 is 10.3. The number of amides is 1. The first kappa shape index (κ1) is 18.7. The minimum atomic E-state index is -0.356. The normalized spacial score (nSPS) is 12.3. The molecule has 1 aromatic rings. The number of benzene rings is 1. The van der Waals surface area contributed by atoms with Gasteiger partial charge in [0.15, 0.2) is 0 Å². The molecule has 0 fully saturated rings. The van der Waals surface area contributed by atoms with Crippen molar-refractivity contribution in [1.29, 1.82) is 0 Å². The number of carbonyl (C=O) groups excluding carboxylic acids is 2. The van der Waals surface area contributed by atoms with Crippen molar-refractivity contribution in [1.82, 2.24) is 4.90 Å². The molecule has 0 bridgehead atoms. The second-order valence-electron chi connectivity index (χ2n) is 5.72. The Morgan fingerprint density at radius 2 is 1.96 bits per heavy atom. The van der Waals surface area contributed by atoms with Crippen LogP contribution in [0.4, 0.5) is 0 Å². The zero-order valence-corrected chi connectivity index (χ0v) is 14.4. The predicted molar refractivity (Wildman–Crippen MR) is 90.1 cm³/mol. The van der Waals surface area contributed by atoms with Crippen molar-refractivity contribution in [2.75, 3.05) is 20.7 Å². The SMILES string of the molecule is COC(=O)C(C)CN(C)C(=O)/C=C/c1cccc(OC(C)C)c1. The number of esters is 1. The van der Waals surface area contributed by atoms with Gasteiger partial charge >= 0.3 is 5.97 Å². The second kappa shape index (κ2) is 8.98. The van der Waals surface area contributed by atoms with Crippen LogP contribution in [0.15, 0.2) is 30.3 Å². The van der Waals surface area contributed by atoms with E-state index in [4.69, 9.17) is 4.74 Å². The van der Waals surface area contributed by atoms with Crippen molar-refractivity contribution in [3.8, 4) is 5.75 Å². The van der Waals surface area contributed by atoms with Crippen LogP contribution in [0.3, 0.4) is 0 Å². The van der Waals surface area contributed by atoms with E-state index in [0.29, 0.717) is 6.54 Å². The highest BCUT2D eigenvalue weighted by Gasteiger charge is 2.17. The monoisotopic (exact) mass is 319 g/mol. The lowest BCUT2D eigenvalue weighted by Gasteiger charge is -2.18. The summed E-state index contributed by atoms with van der Waals surface area (Å²) in [7, 11) is 3.00. The first-order chi connectivity index (χ1) is 10.8. The molecule has 0 N–H and O–H groups in total. The number of ether oxygens (including phenoxy) is 2. The van der Waals surface area contributed by atoms with Gasteiger partial charge in [-0.15, -0.1) is 0 Å². The van der Waals surface area contributed by atoms with E-state index in [1.54, 1.807) is 20.0 Å². The summed E-state index contributed by atoms with van der Waals surface area (Å²) in [6, 6.07) is 7.53. The standard InChI is InChI=1S/C18H25NO4/c1-13(2)23-16-8-6-7-15(11-16)9-10-17(20)19(4)12-14(3)18(21)22-5/h6-11,13-14H,12H2,1-5H3/b10-9+. The van der Waals surface area contributed by atoms with Gasteiger partial charge in [0.05, 0.1) is 19.1 Å². The van der Waals surface area contributed by atoms with Crippen molar-refractivity contribution < 1.29 is 19.1 Å². The van der Waals surface area contributed by atoms with Crippen molar-refractivity contribution in [3.05, 3.63) is 35.9 Å². The van der Waals surface area contributed by atoms with Crippen LogP contribution in [0.5, 0.6) is 5.75 Å². The van der Waals surface area contributed by atoms with Crippen molar-refractivity contribution >= 4 is 18.0 Å². The summed E-state index contributed by atoms with van der Waals surface area (Å²) >= 11 is 0. The van der Waals surface area contributed by atoms with E-state index in [1.165, 1.54) is 18.1 Å². The second-order valence-corrected chi connectivity index (χ2v) is 5.72. The van der Waals surface area contributed by atoms with Crippen LogP contribution >= 0.6 is 0 Å². The molecule has 126 valence electrons. The Hall–Kier alpha value is -2.30. The first-order valence-electron chi connectivity index (χ1n) is 7.61. The number of hydrogen-bond acceptors (Lipinski definition) is 4. The molecule has 1 aromatic carbocycles. The fraction of sp³-hybridized carbons (Fsp3) is 0.444. The maximum absolute atomic E-state index is 12.1. The number of nitrogens with zero attached hydrogens (tertiary/aromatic N) is 1. The van der Waals surface area contributed by atoms with E-state index >= 15 is 0 Å². The summed E-state index contributed by atoms with van der Waals surface area (Å²) in [5, 5.41) is 0. The zero-order chi connectivity index (χ0) is 17.4. The van der Waals surface area contributed by atoms with Crippen LogP contribution in [0.2, 0.25) is 0 Å². The largest absolute Gasteiger partial charge is 0.491 e. The molecule has 0 saturated heterocycles. The minimum absolute atomic E-state index is 0.0989. The summed E-state index contributed by atoms with van der Waals surface area (Å²) in [6.45, 7) is 5.96. The number of likely N-dealkylation sites (N-methyl/N-ethyl adjacent to an activating group) is 1. The number of rotatable bonds is 7. The van der Waals surface area contributed by atoms with Gasteiger partial charge < -0.3 is 14.4 Å². The van der Waals surface area contributed by atoms with Crippen LogP contribution in [0.25, 0.3) is 6.08 Å². The molecule has 1 amide bonds. The summed E-state index contributed by atoms with van der Waals surface area (Å²) in [6.07, 6.45) is 3.31. The van der Waals surface area contributed by atoms with Crippen LogP contribution < -0.4 is 4.74 Å². The lowest BCUT2D eigenvalue weighted by Crippen LogP contribution is -2.33. The molecule has 23 heavy (non-hydrogen) atoms. The molecule has 0 aliphatic carbocycles. The molecule has 0 heterocycles. The van der Waals surface area contributed by atoms with Crippen LogP contribution in [0.1, 0.15) is 26.3 Å². The Morgan fingerprint density at radius 1 is 1.26 bits per heavy atom. The maximum Gasteiger partial charge on any atom is 0.310 e. The van der Waals surface area contributed by atoms with Gasteiger partial charge in [-0.25, -0.2) is 0 Å². The third-order valence-corrected chi connectivity index (χ3v) is 3.18. The average Bonchev–Trinajstić information content (AvgIpc) is 2.51. The fourth-order valence-electron chi connectivity index (χ4n) is 2.03. The third-order valence-electron chi connectivity index (χ3n) is 3.18. The zero-order valence-electron chi connectivity index (χ0n) is 14.4. The Bertz CT molecular complexity index is 566. The lowest BCUT2D eigenvalue weighted by molar-refractivity contribution is -0.145. The van der Waals surface area contributed by atoms with Crippen LogP contribution in [-0.2, 0) is 14.3 Å². The maximum atomic E-state index is 12.1. The lowest BCUT2D eigenvalue weighted by atomic mass is 10.1. The van der Waals surface area contributed by atoms with Gasteiger partial charge in [0, 0.05) is 19.7 Å². The molecule has 1 rings (SSSR count). The Balaban J connectivity index is 2.65. The molecule has 5 nitrogen and oxygen atoms in total. The quantitative estimate of drug-likeness (QED) is 0.573. The van der Waals surface area contributed by atoms with Gasteiger partial charge in [-0.1, -0.05) is 19.1 Å². The molecular weight excluding hydrogens is 294 g/mol. The van der Waals surface area contributed by atoms with Gasteiger partial charge in [0.2, 0.25) is 5.91 Å². The highest BCUT2D eigenvalue weighted by Crippen LogP contribution is 2.16. The predicted octanol–water partition coefficient (Wildman–Crippen LogP) is 2.75. The number of methoxy groups -OCH3 is 1. The summed E-state index contributed by atoms with van der Waals surface area (Å²) in [5.74, 6) is -0.0875. The molecule has 5 heteroatoms. The molecule has 0 spiro atoms. The highest BCUT2D eigenvalue weighted by atomic mass is 16.5. The van der Waals surface area contributed by atoms with Crippen molar-refractivity contribution in [2.24, 2.45) is 5.92 Å². The van der Waals surface area contributed by atoms with E-state index in [-0.39, 0.29) is 23.9 Å². The third kappa shape index (κ3) is 6.55. The van der Waals surface area contributed by atoms with Gasteiger partial charge in [-0.3, -0.25) is 9.59 Å². The van der Waals surface area contributed by atoms with Gasteiger partial charge in [-0.05, 0) is 37.6 Å². The molecule has 1 unspecified atom stereocenters. The molecule has 0 aliphatic heterocycles. The molecule has 0 aliphatic rings. The van der Waals surface area contributed by atoms with Crippen LogP contribution in [-0.4, -0.2) is 43.6 Å². The highest BCUT2D eigenvalue weighted by molar-refractivity contribution is 5.91. The van der Waals surface area contributed by atoms with Crippen molar-refractivity contribution in [2.45, 2.75) is 26.9 Å². The Kier molecular flexibility index (Phi) is 7.32. The summed E-state index contributed by atoms with van der Waals surface area (Å²) in [4.78, 5) is 25.0.